The van der Waals surface area contributed by atoms with Gasteiger partial charge in [0.2, 0.25) is 0 Å². The van der Waals surface area contributed by atoms with Crippen LogP contribution in [0.3, 0.4) is 0 Å². The number of amides is 1. The number of sulfonamides is 1. The fraction of sp³-hybridized carbons (Fsp3) is 0.350. The van der Waals surface area contributed by atoms with E-state index >= 15 is 0 Å². The van der Waals surface area contributed by atoms with E-state index in [4.69, 9.17) is 9.57 Å². The molecule has 1 N–H and O–H groups in total. The van der Waals surface area contributed by atoms with E-state index in [0.717, 1.165) is 15.8 Å². The van der Waals surface area contributed by atoms with Gasteiger partial charge in [-0.05, 0) is 41.8 Å². The average molecular weight is 407 g/mol. The summed E-state index contributed by atoms with van der Waals surface area (Å²) in [7, 11) is -1.27. The molecule has 0 aliphatic heterocycles. The second-order valence-corrected chi connectivity index (χ2v) is 8.59. The van der Waals surface area contributed by atoms with Crippen molar-refractivity contribution in [2.45, 2.75) is 25.3 Å². The summed E-state index contributed by atoms with van der Waals surface area (Å²) in [6, 6.07) is 13.3. The molecule has 28 heavy (non-hydrogen) atoms. The van der Waals surface area contributed by atoms with Crippen LogP contribution in [0, 0.1) is 5.92 Å². The highest BCUT2D eigenvalue weighted by Gasteiger charge is 2.21. The van der Waals surface area contributed by atoms with Crippen LogP contribution in [0.5, 0.6) is 5.75 Å². The molecule has 0 saturated carbocycles. The highest BCUT2D eigenvalue weighted by Crippen LogP contribution is 2.17. The van der Waals surface area contributed by atoms with E-state index in [9.17, 15) is 13.2 Å². The third-order valence-electron chi connectivity index (χ3n) is 3.95. The van der Waals surface area contributed by atoms with E-state index in [1.165, 1.54) is 32.4 Å². The molecule has 1 amide bonds. The molecular formula is C20H26N2O5S. The van der Waals surface area contributed by atoms with Gasteiger partial charge in [-0.3, -0.25) is 9.63 Å². The summed E-state index contributed by atoms with van der Waals surface area (Å²) in [6.07, 6.45) is 0. The zero-order chi connectivity index (χ0) is 20.7. The van der Waals surface area contributed by atoms with E-state index in [-0.39, 0.29) is 16.4 Å². The van der Waals surface area contributed by atoms with Crippen LogP contribution < -0.4 is 10.1 Å². The predicted molar refractivity (Wildman–Crippen MR) is 106 cm³/mol. The van der Waals surface area contributed by atoms with Crippen molar-refractivity contribution in [2.24, 2.45) is 5.92 Å². The Morgan fingerprint density at radius 3 is 2.43 bits per heavy atom. The summed E-state index contributed by atoms with van der Waals surface area (Å²) < 4.78 is 31.0. The first-order valence-electron chi connectivity index (χ1n) is 8.87. The Bertz CT molecular complexity index is 895. The smallest absolute Gasteiger partial charge is 0.264 e. The van der Waals surface area contributed by atoms with E-state index in [1.54, 1.807) is 6.07 Å². The number of ether oxygens (including phenoxy) is 1. The topological polar surface area (TPSA) is 84.9 Å². The van der Waals surface area contributed by atoms with Gasteiger partial charge in [0.15, 0.2) is 0 Å². The van der Waals surface area contributed by atoms with E-state index in [0.29, 0.717) is 19.1 Å². The molecule has 0 unspecified atom stereocenters. The Balaban J connectivity index is 2.01. The van der Waals surface area contributed by atoms with Gasteiger partial charge < -0.3 is 10.1 Å². The molecule has 2 aromatic rings. The zero-order valence-electron chi connectivity index (χ0n) is 16.5. The van der Waals surface area contributed by atoms with Crippen molar-refractivity contribution in [3.8, 4) is 5.75 Å². The van der Waals surface area contributed by atoms with Gasteiger partial charge in [0, 0.05) is 19.2 Å². The Kier molecular flexibility index (Phi) is 7.56. The lowest BCUT2D eigenvalue weighted by atomic mass is 10.2. The molecule has 0 aliphatic carbocycles. The molecule has 0 spiro atoms. The fourth-order valence-corrected chi connectivity index (χ4v) is 3.31. The molecule has 2 rings (SSSR count). The maximum atomic E-state index is 12.4. The Morgan fingerprint density at radius 1 is 1.14 bits per heavy atom. The first kappa shape index (κ1) is 21.9. The number of hydrogen-bond acceptors (Lipinski definition) is 5. The predicted octanol–water partition coefficient (Wildman–Crippen LogP) is 2.83. The lowest BCUT2D eigenvalue weighted by Gasteiger charge is -2.14. The minimum atomic E-state index is -3.81. The summed E-state index contributed by atoms with van der Waals surface area (Å²) in [5.74, 6) is 0.864. The van der Waals surface area contributed by atoms with Crippen molar-refractivity contribution in [3.63, 3.8) is 0 Å². The minimum Gasteiger partial charge on any atom is -0.493 e. The van der Waals surface area contributed by atoms with Crippen LogP contribution in [0.2, 0.25) is 0 Å². The largest absolute Gasteiger partial charge is 0.493 e. The van der Waals surface area contributed by atoms with Crippen LogP contribution >= 0.6 is 0 Å². The van der Waals surface area contributed by atoms with Crippen molar-refractivity contribution in [1.29, 1.82) is 0 Å². The van der Waals surface area contributed by atoms with Gasteiger partial charge in [0.25, 0.3) is 15.9 Å². The lowest BCUT2D eigenvalue weighted by Crippen LogP contribution is -2.27. The summed E-state index contributed by atoms with van der Waals surface area (Å²) >= 11 is 0. The van der Waals surface area contributed by atoms with Gasteiger partial charge in [0.1, 0.15) is 5.75 Å². The second-order valence-electron chi connectivity index (χ2n) is 6.66. The number of hydrogen-bond donors (Lipinski definition) is 1. The molecule has 0 bridgehead atoms. The van der Waals surface area contributed by atoms with Crippen molar-refractivity contribution >= 4 is 15.9 Å². The molecule has 0 saturated heterocycles. The molecule has 2 aromatic carbocycles. The SMILES string of the molecule is CON(C)S(=O)(=O)c1cccc(C(=O)NCc2ccc(OCC(C)C)cc2)c1. The number of nitrogens with one attached hydrogen (secondary N) is 1. The number of nitrogens with zero attached hydrogens (tertiary/aromatic N) is 1. The van der Waals surface area contributed by atoms with Gasteiger partial charge >= 0.3 is 0 Å². The lowest BCUT2D eigenvalue weighted by molar-refractivity contribution is -0.0258. The molecule has 0 atom stereocenters. The Hall–Kier alpha value is -2.42. The fourth-order valence-electron chi connectivity index (χ4n) is 2.30. The Morgan fingerprint density at radius 2 is 1.82 bits per heavy atom. The number of hydroxylamine groups is 1. The number of carbonyl (C=O) groups is 1. The third-order valence-corrected chi connectivity index (χ3v) is 5.63. The highest BCUT2D eigenvalue weighted by atomic mass is 32.2. The van der Waals surface area contributed by atoms with E-state index in [1.807, 2.05) is 24.3 Å². The minimum absolute atomic E-state index is 0.0174. The van der Waals surface area contributed by atoms with Crippen LogP contribution in [0.4, 0.5) is 0 Å². The van der Waals surface area contributed by atoms with Crippen LogP contribution in [-0.2, 0) is 21.4 Å². The van der Waals surface area contributed by atoms with Crippen molar-refractivity contribution < 1.29 is 22.8 Å². The number of carbonyl (C=O) groups excluding carboxylic acids is 1. The van der Waals surface area contributed by atoms with Gasteiger partial charge in [-0.1, -0.05) is 36.5 Å². The molecule has 0 heterocycles. The zero-order valence-corrected chi connectivity index (χ0v) is 17.3. The van der Waals surface area contributed by atoms with Crippen LogP contribution in [0.25, 0.3) is 0 Å². The van der Waals surface area contributed by atoms with Gasteiger partial charge in [-0.15, -0.1) is 0 Å². The van der Waals surface area contributed by atoms with Gasteiger partial charge in [0.05, 0.1) is 18.6 Å². The maximum Gasteiger partial charge on any atom is 0.264 e. The Labute approximate surface area is 166 Å². The second kappa shape index (κ2) is 9.68. The van der Waals surface area contributed by atoms with Crippen LogP contribution in [-0.4, -0.2) is 39.6 Å². The van der Waals surface area contributed by atoms with Crippen molar-refractivity contribution in [1.82, 2.24) is 9.79 Å². The van der Waals surface area contributed by atoms with Crippen LogP contribution in [0.1, 0.15) is 29.8 Å². The molecule has 0 radical (unpaired) electrons. The highest BCUT2D eigenvalue weighted by molar-refractivity contribution is 7.89. The van der Waals surface area contributed by atoms with Gasteiger partial charge in [-0.2, -0.15) is 0 Å². The first-order chi connectivity index (χ1) is 13.2. The van der Waals surface area contributed by atoms with Gasteiger partial charge in [-0.25, -0.2) is 8.42 Å². The van der Waals surface area contributed by atoms with E-state index < -0.39 is 10.0 Å². The van der Waals surface area contributed by atoms with Crippen molar-refractivity contribution in [2.75, 3.05) is 20.8 Å². The molecule has 0 aliphatic rings. The van der Waals surface area contributed by atoms with Crippen LogP contribution in [0.15, 0.2) is 53.4 Å². The standard InChI is InChI=1S/C20H26N2O5S/c1-15(2)14-27-18-10-8-16(9-11-18)13-21-20(23)17-6-5-7-19(12-17)28(24,25)22(3)26-4/h5-12,15H,13-14H2,1-4H3,(H,21,23). The molecule has 8 heteroatoms. The molecule has 7 nitrogen and oxygen atoms in total. The normalized spacial score (nSPS) is 11.6. The number of benzene rings is 2. The maximum absolute atomic E-state index is 12.4. The monoisotopic (exact) mass is 406 g/mol. The quantitative estimate of drug-likeness (QED) is 0.648. The van der Waals surface area contributed by atoms with E-state index in [2.05, 4.69) is 19.2 Å². The summed E-state index contributed by atoms with van der Waals surface area (Å²) in [5, 5.41) is 2.79. The third kappa shape index (κ3) is 5.79. The average Bonchev–Trinajstić information content (AvgIpc) is 2.70. The van der Waals surface area contributed by atoms with Crippen molar-refractivity contribution in [3.05, 3.63) is 59.7 Å². The summed E-state index contributed by atoms with van der Waals surface area (Å²) in [4.78, 5) is 17.1. The molecule has 0 fully saturated rings. The summed E-state index contributed by atoms with van der Waals surface area (Å²) in [5.41, 5.74) is 1.16. The first-order valence-corrected chi connectivity index (χ1v) is 10.3. The molecule has 0 aromatic heterocycles. The number of rotatable bonds is 9. The molecular weight excluding hydrogens is 380 g/mol. The summed E-state index contributed by atoms with van der Waals surface area (Å²) in [6.45, 7) is 5.13. The molecule has 152 valence electrons.